The highest BCUT2D eigenvalue weighted by Gasteiger charge is 2.17. The Morgan fingerprint density at radius 2 is 2.10 bits per heavy atom. The Kier molecular flexibility index (Phi) is 3.20. The summed E-state index contributed by atoms with van der Waals surface area (Å²) in [7, 11) is 0. The van der Waals surface area contributed by atoms with Crippen LogP contribution in [0.5, 0.6) is 0 Å². The number of fused-ring (bicyclic) bond motifs is 2. The van der Waals surface area contributed by atoms with E-state index in [4.69, 9.17) is 0 Å². The molecular formula is C11H13BrN6O2. The zero-order chi connectivity index (χ0) is 14.3. The third kappa shape index (κ3) is 1.89. The van der Waals surface area contributed by atoms with Gasteiger partial charge >= 0.3 is 5.69 Å². The molecule has 0 aliphatic carbocycles. The zero-order valence-corrected chi connectivity index (χ0v) is 12.4. The molecule has 2 N–H and O–H groups in total. The molecule has 3 heterocycles. The molecule has 3 rings (SSSR count). The third-order valence-corrected chi connectivity index (χ3v) is 3.59. The monoisotopic (exact) mass is 340 g/mol. The van der Waals surface area contributed by atoms with Gasteiger partial charge in [0.25, 0.3) is 5.56 Å². The molecule has 0 aliphatic heterocycles. The number of hydrogen-bond acceptors (Lipinski definition) is 4. The second-order valence-corrected chi connectivity index (χ2v) is 5.31. The van der Waals surface area contributed by atoms with E-state index in [1.165, 1.54) is 0 Å². The zero-order valence-electron chi connectivity index (χ0n) is 10.8. The Balaban J connectivity index is 2.34. The van der Waals surface area contributed by atoms with E-state index in [0.29, 0.717) is 28.2 Å². The molecule has 20 heavy (non-hydrogen) atoms. The van der Waals surface area contributed by atoms with Crippen LogP contribution < -0.4 is 11.2 Å². The van der Waals surface area contributed by atoms with Crippen molar-refractivity contribution < 1.29 is 0 Å². The van der Waals surface area contributed by atoms with E-state index in [0.717, 1.165) is 23.7 Å². The number of hydrogen-bond donors (Lipinski definition) is 2. The molecule has 0 atom stereocenters. The Labute approximate surface area is 121 Å². The summed E-state index contributed by atoms with van der Waals surface area (Å²) >= 11 is 3.22. The van der Waals surface area contributed by atoms with Crippen LogP contribution in [-0.2, 0) is 6.54 Å². The molecule has 106 valence electrons. The van der Waals surface area contributed by atoms with E-state index in [1.807, 2.05) is 0 Å². The van der Waals surface area contributed by atoms with E-state index in [-0.39, 0.29) is 0 Å². The molecular weight excluding hydrogens is 328 g/mol. The standard InChI is InChI=1S/C11H13BrN6O2/c1-2-3-4-5-17-7-6(13-9(12)14-7)8(19)18-10(17)15-16-11(18)20/h2-5H2,1H3,(H,13,14)(H,16,20). The van der Waals surface area contributed by atoms with Crippen molar-refractivity contribution in [1.29, 1.82) is 0 Å². The van der Waals surface area contributed by atoms with Gasteiger partial charge in [0.2, 0.25) is 5.78 Å². The van der Waals surface area contributed by atoms with Gasteiger partial charge in [-0.15, -0.1) is 5.10 Å². The number of aryl methyl sites for hydroxylation is 1. The fourth-order valence-corrected chi connectivity index (χ4v) is 2.63. The maximum Gasteiger partial charge on any atom is 0.352 e. The largest absolute Gasteiger partial charge is 0.352 e. The molecule has 0 aliphatic rings. The van der Waals surface area contributed by atoms with Gasteiger partial charge in [0.05, 0.1) is 0 Å². The van der Waals surface area contributed by atoms with E-state index in [2.05, 4.69) is 43.0 Å². The number of unbranched alkanes of at least 4 members (excludes halogenated alkanes) is 2. The van der Waals surface area contributed by atoms with Gasteiger partial charge in [-0.3, -0.25) is 9.36 Å². The first-order valence-corrected chi connectivity index (χ1v) is 7.18. The van der Waals surface area contributed by atoms with Gasteiger partial charge < -0.3 is 4.98 Å². The summed E-state index contributed by atoms with van der Waals surface area (Å²) < 4.78 is 3.27. The molecule has 0 bridgehead atoms. The Morgan fingerprint density at radius 3 is 2.85 bits per heavy atom. The summed E-state index contributed by atoms with van der Waals surface area (Å²) in [4.78, 5) is 31.1. The average molecular weight is 341 g/mol. The lowest BCUT2D eigenvalue weighted by Crippen LogP contribution is -2.27. The summed E-state index contributed by atoms with van der Waals surface area (Å²) in [5, 5.41) is 6.25. The maximum atomic E-state index is 12.3. The second kappa shape index (κ2) is 4.89. The number of aromatic amines is 2. The van der Waals surface area contributed by atoms with Crippen LogP contribution in [0.2, 0.25) is 0 Å². The Bertz CT molecular complexity index is 886. The minimum Gasteiger partial charge on any atom is -0.327 e. The number of aromatic nitrogens is 6. The van der Waals surface area contributed by atoms with Crippen LogP contribution >= 0.6 is 15.9 Å². The normalized spacial score (nSPS) is 11.7. The number of halogens is 1. The topological polar surface area (TPSA) is 101 Å². The molecule has 3 aromatic rings. The van der Waals surface area contributed by atoms with Crippen LogP contribution in [0.4, 0.5) is 0 Å². The number of H-pyrrole nitrogens is 2. The summed E-state index contributed by atoms with van der Waals surface area (Å²) in [5.74, 6) is 0.294. The predicted octanol–water partition coefficient (Wildman–Crippen LogP) is 1.01. The minimum atomic E-state index is -0.540. The quantitative estimate of drug-likeness (QED) is 0.546. The molecule has 0 aromatic carbocycles. The molecule has 9 heteroatoms. The highest BCUT2D eigenvalue weighted by molar-refractivity contribution is 9.10. The van der Waals surface area contributed by atoms with Crippen LogP contribution in [0.15, 0.2) is 14.3 Å². The van der Waals surface area contributed by atoms with Crippen molar-refractivity contribution in [3.63, 3.8) is 0 Å². The van der Waals surface area contributed by atoms with E-state index in [9.17, 15) is 9.59 Å². The van der Waals surface area contributed by atoms with Crippen LogP contribution in [0.25, 0.3) is 16.9 Å². The molecule has 0 amide bonds. The number of nitrogens with one attached hydrogen (secondary N) is 2. The number of nitrogens with zero attached hydrogens (tertiary/aromatic N) is 4. The van der Waals surface area contributed by atoms with Gasteiger partial charge in [0, 0.05) is 6.54 Å². The number of rotatable bonds is 4. The minimum absolute atomic E-state index is 0.294. The maximum absolute atomic E-state index is 12.3. The van der Waals surface area contributed by atoms with Crippen LogP contribution in [0.1, 0.15) is 26.2 Å². The fourth-order valence-electron chi connectivity index (χ4n) is 2.27. The predicted molar refractivity (Wildman–Crippen MR) is 76.9 cm³/mol. The lowest BCUT2D eigenvalue weighted by Gasteiger charge is -2.07. The molecule has 0 fully saturated rings. The van der Waals surface area contributed by atoms with Gasteiger partial charge in [0.15, 0.2) is 15.9 Å². The first kappa shape index (κ1) is 13.1. The van der Waals surface area contributed by atoms with E-state index in [1.54, 1.807) is 4.57 Å². The molecule has 3 aromatic heterocycles. The summed E-state index contributed by atoms with van der Waals surface area (Å²) in [6.07, 6.45) is 3.06. The molecule has 0 spiro atoms. The van der Waals surface area contributed by atoms with Crippen LogP contribution in [0, 0.1) is 0 Å². The van der Waals surface area contributed by atoms with E-state index < -0.39 is 11.2 Å². The highest BCUT2D eigenvalue weighted by atomic mass is 79.9. The third-order valence-electron chi connectivity index (χ3n) is 3.21. The van der Waals surface area contributed by atoms with Crippen molar-refractivity contribution in [2.45, 2.75) is 32.7 Å². The smallest absolute Gasteiger partial charge is 0.327 e. The van der Waals surface area contributed by atoms with Crippen molar-refractivity contribution in [2.75, 3.05) is 0 Å². The molecule has 8 nitrogen and oxygen atoms in total. The average Bonchev–Trinajstić information content (AvgIpc) is 2.98. The van der Waals surface area contributed by atoms with Crippen LogP contribution in [0.3, 0.4) is 0 Å². The van der Waals surface area contributed by atoms with Gasteiger partial charge in [-0.1, -0.05) is 19.8 Å². The van der Waals surface area contributed by atoms with Gasteiger partial charge in [-0.25, -0.2) is 14.9 Å². The van der Waals surface area contributed by atoms with Gasteiger partial charge in [-0.05, 0) is 22.4 Å². The SMILES string of the molecule is CCCCCn1c2nc(Br)[nH]c2c(=O)n2c(=O)[nH]nc12. The van der Waals surface area contributed by atoms with Crippen molar-refractivity contribution in [2.24, 2.45) is 0 Å². The lowest BCUT2D eigenvalue weighted by molar-refractivity contribution is 0.612. The Morgan fingerprint density at radius 1 is 1.30 bits per heavy atom. The highest BCUT2D eigenvalue weighted by Crippen LogP contribution is 2.14. The Hall–Kier alpha value is -1.90. The van der Waals surface area contributed by atoms with E-state index >= 15 is 0 Å². The molecule has 0 saturated heterocycles. The second-order valence-electron chi connectivity index (χ2n) is 4.55. The molecule has 0 unspecified atom stereocenters. The van der Waals surface area contributed by atoms with Crippen molar-refractivity contribution in [1.82, 2.24) is 29.1 Å². The van der Waals surface area contributed by atoms with Crippen molar-refractivity contribution in [3.05, 3.63) is 25.6 Å². The summed E-state index contributed by atoms with van der Waals surface area (Å²) in [5.41, 5.74) is -0.186. The van der Waals surface area contributed by atoms with Crippen molar-refractivity contribution >= 4 is 32.9 Å². The molecule has 0 saturated carbocycles. The first-order valence-electron chi connectivity index (χ1n) is 6.38. The first-order chi connectivity index (χ1) is 9.63. The lowest BCUT2D eigenvalue weighted by atomic mass is 10.2. The molecule has 0 radical (unpaired) electrons. The number of imidazole rings is 1. The summed E-state index contributed by atoms with van der Waals surface area (Å²) in [6, 6.07) is 0. The van der Waals surface area contributed by atoms with Gasteiger partial charge in [0.1, 0.15) is 0 Å². The van der Waals surface area contributed by atoms with Gasteiger partial charge in [-0.2, -0.15) is 4.40 Å². The van der Waals surface area contributed by atoms with Crippen molar-refractivity contribution in [3.8, 4) is 0 Å². The summed E-state index contributed by atoms with van der Waals surface area (Å²) in [6.45, 7) is 2.76. The fraction of sp³-hybridized carbons (Fsp3) is 0.455. The van der Waals surface area contributed by atoms with Crippen LogP contribution in [-0.4, -0.2) is 29.1 Å².